The smallest absolute Gasteiger partial charge is 0.338 e. The molecule has 0 fully saturated rings. The molecule has 4 rings (SSSR count). The predicted octanol–water partition coefficient (Wildman–Crippen LogP) is 2.26. The minimum atomic E-state index is -0.797. The van der Waals surface area contributed by atoms with Crippen LogP contribution in [0.2, 0.25) is 0 Å². The number of nitrogens with zero attached hydrogens (tertiary/aromatic N) is 2. The fourth-order valence-corrected chi connectivity index (χ4v) is 4.92. The molecule has 3 aromatic rings. The van der Waals surface area contributed by atoms with E-state index in [1.807, 2.05) is 0 Å². The number of hydrogen-bond acceptors (Lipinski definition) is 9. The van der Waals surface area contributed by atoms with Crippen molar-refractivity contribution < 1.29 is 28.6 Å². The summed E-state index contributed by atoms with van der Waals surface area (Å²) >= 11 is 1.18. The largest absolute Gasteiger partial charge is 0.466 e. The Kier molecular flexibility index (Phi) is 6.98. The second-order valence-corrected chi connectivity index (χ2v) is 8.91. The summed E-state index contributed by atoms with van der Waals surface area (Å²) < 4.78 is 17.1. The number of allylic oxidation sites excluding steroid dienone is 1. The van der Waals surface area contributed by atoms with Crippen LogP contribution in [0, 0.1) is 0 Å². The Morgan fingerprint density at radius 3 is 2.31 bits per heavy atom. The van der Waals surface area contributed by atoms with Gasteiger partial charge in [0.05, 0.1) is 29.0 Å². The molecule has 1 aliphatic rings. The molecule has 9 nitrogen and oxygen atoms in total. The predicted molar refractivity (Wildman–Crippen MR) is 131 cm³/mol. The molecule has 0 aliphatic carbocycles. The van der Waals surface area contributed by atoms with Crippen LogP contribution in [0.3, 0.4) is 0 Å². The van der Waals surface area contributed by atoms with Crippen LogP contribution in [0.25, 0.3) is 6.08 Å². The number of benzene rings is 2. The molecular weight excluding hydrogens is 484 g/mol. The van der Waals surface area contributed by atoms with Crippen molar-refractivity contribution in [3.8, 4) is 11.5 Å². The average Bonchev–Trinajstić information content (AvgIpc) is 3.12. The third kappa shape index (κ3) is 5.03. The number of hydrogen-bond donors (Lipinski definition) is 0. The Labute approximate surface area is 209 Å². The van der Waals surface area contributed by atoms with E-state index in [4.69, 9.17) is 14.2 Å². The topological polar surface area (TPSA) is 113 Å². The molecule has 0 N–H and O–H groups in total. The molecule has 0 saturated heterocycles. The standard InChI is InChI=1S/C26H22N2O7S/c1-14-22(25(32)33-4)23(18-8-10-19(11-9-18)34-15(2)29)28-24(31)21(36-26(28)27-14)13-17-6-5-7-20(12-17)35-16(3)30/h5-13,23H,1-4H3/b21-13-/t23-/m0/s1. The first-order valence-corrected chi connectivity index (χ1v) is 11.7. The lowest BCUT2D eigenvalue weighted by molar-refractivity contribution is -0.136. The summed E-state index contributed by atoms with van der Waals surface area (Å²) in [6, 6.07) is 12.6. The van der Waals surface area contributed by atoms with Crippen LogP contribution < -0.4 is 24.4 Å². The van der Waals surface area contributed by atoms with Gasteiger partial charge in [0.2, 0.25) is 0 Å². The van der Waals surface area contributed by atoms with Gasteiger partial charge in [-0.1, -0.05) is 35.6 Å². The van der Waals surface area contributed by atoms with Gasteiger partial charge in [0.15, 0.2) is 4.80 Å². The van der Waals surface area contributed by atoms with Crippen LogP contribution in [0.5, 0.6) is 11.5 Å². The van der Waals surface area contributed by atoms with Crippen molar-refractivity contribution in [2.45, 2.75) is 26.8 Å². The quantitative estimate of drug-likeness (QED) is 0.385. The molecular formula is C26H22N2O7S. The number of methoxy groups -OCH3 is 1. The van der Waals surface area contributed by atoms with E-state index >= 15 is 0 Å². The maximum atomic E-state index is 13.6. The van der Waals surface area contributed by atoms with Gasteiger partial charge < -0.3 is 14.2 Å². The highest BCUT2D eigenvalue weighted by Crippen LogP contribution is 2.31. The molecule has 0 bridgehead atoms. The van der Waals surface area contributed by atoms with Gasteiger partial charge in [-0.3, -0.25) is 19.0 Å². The molecule has 1 aromatic heterocycles. The number of ether oxygens (including phenoxy) is 3. The number of esters is 3. The molecule has 184 valence electrons. The lowest BCUT2D eigenvalue weighted by Crippen LogP contribution is -2.39. The summed E-state index contributed by atoms with van der Waals surface area (Å²) in [5.74, 6) is -0.810. The summed E-state index contributed by atoms with van der Waals surface area (Å²) in [5.41, 5.74) is 1.59. The van der Waals surface area contributed by atoms with Crippen molar-refractivity contribution in [1.82, 2.24) is 4.57 Å². The molecule has 1 aliphatic heterocycles. The van der Waals surface area contributed by atoms with E-state index in [0.29, 0.717) is 37.7 Å². The van der Waals surface area contributed by atoms with E-state index in [1.165, 1.54) is 36.9 Å². The fourth-order valence-electron chi connectivity index (χ4n) is 3.88. The van der Waals surface area contributed by atoms with Gasteiger partial charge >= 0.3 is 17.9 Å². The first-order valence-electron chi connectivity index (χ1n) is 10.9. The SMILES string of the molecule is COC(=O)C1=C(C)N=c2s/c(=C\c3cccc(OC(C)=O)c3)c(=O)n2[C@H]1c1ccc(OC(C)=O)cc1. The van der Waals surface area contributed by atoms with E-state index in [2.05, 4.69) is 4.99 Å². The minimum Gasteiger partial charge on any atom is -0.466 e. The Bertz CT molecular complexity index is 1580. The minimum absolute atomic E-state index is 0.230. The van der Waals surface area contributed by atoms with Crippen molar-refractivity contribution in [1.29, 1.82) is 0 Å². The maximum Gasteiger partial charge on any atom is 0.338 e. The lowest BCUT2D eigenvalue weighted by atomic mass is 9.96. The molecule has 1 atom stereocenters. The van der Waals surface area contributed by atoms with Gasteiger partial charge in [-0.15, -0.1) is 0 Å². The summed E-state index contributed by atoms with van der Waals surface area (Å²) in [6.07, 6.45) is 1.68. The van der Waals surface area contributed by atoms with Gasteiger partial charge in [0.25, 0.3) is 5.56 Å². The fraction of sp³-hybridized carbons (Fsp3) is 0.192. The first-order chi connectivity index (χ1) is 17.2. The van der Waals surface area contributed by atoms with E-state index in [0.717, 1.165) is 0 Å². The van der Waals surface area contributed by atoms with Crippen molar-refractivity contribution in [3.05, 3.63) is 90.6 Å². The second kappa shape index (κ2) is 10.1. The molecule has 36 heavy (non-hydrogen) atoms. The summed E-state index contributed by atoms with van der Waals surface area (Å²) in [4.78, 5) is 53.8. The molecule has 0 amide bonds. The summed E-state index contributed by atoms with van der Waals surface area (Å²) in [6.45, 7) is 4.30. The molecule has 0 saturated carbocycles. The van der Waals surface area contributed by atoms with Crippen LogP contribution >= 0.6 is 11.3 Å². The third-order valence-corrected chi connectivity index (χ3v) is 6.28. The first kappa shape index (κ1) is 24.8. The number of thiazole rings is 1. The van der Waals surface area contributed by atoms with Crippen molar-refractivity contribution in [3.63, 3.8) is 0 Å². The molecule has 0 unspecified atom stereocenters. The molecule has 10 heteroatoms. The van der Waals surface area contributed by atoms with Crippen LogP contribution in [-0.2, 0) is 19.1 Å². The average molecular weight is 507 g/mol. The van der Waals surface area contributed by atoms with Crippen LogP contribution in [0.4, 0.5) is 0 Å². The van der Waals surface area contributed by atoms with E-state index in [1.54, 1.807) is 61.5 Å². The maximum absolute atomic E-state index is 13.6. The number of rotatable bonds is 5. The van der Waals surface area contributed by atoms with Gasteiger partial charge in [-0.2, -0.15) is 0 Å². The highest BCUT2D eigenvalue weighted by Gasteiger charge is 2.33. The number of carbonyl (C=O) groups is 3. The van der Waals surface area contributed by atoms with Gasteiger partial charge in [0, 0.05) is 13.8 Å². The monoisotopic (exact) mass is 506 g/mol. The number of fused-ring (bicyclic) bond motifs is 1. The third-order valence-electron chi connectivity index (χ3n) is 5.30. The lowest BCUT2D eigenvalue weighted by Gasteiger charge is -2.24. The van der Waals surface area contributed by atoms with Crippen molar-refractivity contribution in [2.24, 2.45) is 4.99 Å². The summed E-state index contributed by atoms with van der Waals surface area (Å²) in [5, 5.41) is 0. The zero-order valence-corrected chi connectivity index (χ0v) is 20.8. The van der Waals surface area contributed by atoms with Crippen LogP contribution in [0.1, 0.15) is 37.9 Å². The molecule has 2 aromatic carbocycles. The zero-order chi connectivity index (χ0) is 26.0. The van der Waals surface area contributed by atoms with Gasteiger partial charge in [0.1, 0.15) is 11.5 Å². The van der Waals surface area contributed by atoms with Crippen molar-refractivity contribution in [2.75, 3.05) is 7.11 Å². The molecule has 2 heterocycles. The number of aromatic nitrogens is 1. The Balaban J connectivity index is 1.87. The highest BCUT2D eigenvalue weighted by atomic mass is 32.1. The van der Waals surface area contributed by atoms with Crippen molar-refractivity contribution >= 4 is 35.3 Å². The van der Waals surface area contributed by atoms with E-state index in [9.17, 15) is 19.2 Å². The summed E-state index contributed by atoms with van der Waals surface area (Å²) in [7, 11) is 1.27. The Morgan fingerprint density at radius 1 is 1.00 bits per heavy atom. The molecule has 0 spiro atoms. The van der Waals surface area contributed by atoms with Crippen LogP contribution in [-0.4, -0.2) is 29.6 Å². The molecule has 0 radical (unpaired) electrons. The highest BCUT2D eigenvalue weighted by molar-refractivity contribution is 7.07. The number of carbonyl (C=O) groups excluding carboxylic acids is 3. The van der Waals surface area contributed by atoms with Gasteiger partial charge in [-0.25, -0.2) is 9.79 Å². The second-order valence-electron chi connectivity index (χ2n) is 7.90. The zero-order valence-electron chi connectivity index (χ0n) is 19.9. The van der Waals surface area contributed by atoms with E-state index in [-0.39, 0.29) is 11.1 Å². The Morgan fingerprint density at radius 2 is 1.67 bits per heavy atom. The van der Waals surface area contributed by atoms with Gasteiger partial charge in [-0.05, 0) is 48.4 Å². The normalized spacial score (nSPS) is 15.1. The van der Waals surface area contributed by atoms with E-state index < -0.39 is 23.9 Å². The van der Waals surface area contributed by atoms with Crippen LogP contribution in [0.15, 0.2) is 69.6 Å². The Hall–Kier alpha value is -4.31.